The van der Waals surface area contributed by atoms with E-state index in [1.165, 1.54) is 18.9 Å². The van der Waals surface area contributed by atoms with Gasteiger partial charge in [-0.3, -0.25) is 15.0 Å². The minimum absolute atomic E-state index is 0.0182. The van der Waals surface area contributed by atoms with Crippen molar-refractivity contribution in [3.8, 4) is 0 Å². The van der Waals surface area contributed by atoms with Crippen molar-refractivity contribution in [3.05, 3.63) is 28.3 Å². The molecule has 0 saturated carbocycles. The summed E-state index contributed by atoms with van der Waals surface area (Å²) in [6.07, 6.45) is 2.46. The number of nitrogen functional groups attached to an aromatic ring is 1. The van der Waals surface area contributed by atoms with E-state index in [1.54, 1.807) is 12.1 Å². The van der Waals surface area contributed by atoms with Gasteiger partial charge < -0.3 is 10.6 Å². The van der Waals surface area contributed by atoms with Crippen molar-refractivity contribution in [1.82, 2.24) is 4.90 Å². The fourth-order valence-electron chi connectivity index (χ4n) is 2.52. The van der Waals surface area contributed by atoms with Gasteiger partial charge in [-0.15, -0.1) is 0 Å². The standard InChI is InChI=1S/C14H22N4O2/c1-2-3-6-16-7-9-17(10-8-16)12-4-5-14(18(19)20)13(15)11-12/h4-5,11H,2-3,6-10,15H2,1H3. The van der Waals surface area contributed by atoms with Crippen LogP contribution < -0.4 is 10.6 Å². The number of hydrogen-bond acceptors (Lipinski definition) is 5. The maximum Gasteiger partial charge on any atom is 0.292 e. The molecule has 6 heteroatoms. The van der Waals surface area contributed by atoms with Crippen LogP contribution in [0.25, 0.3) is 0 Å². The molecule has 1 aliphatic heterocycles. The van der Waals surface area contributed by atoms with E-state index in [9.17, 15) is 10.1 Å². The van der Waals surface area contributed by atoms with Gasteiger partial charge in [0, 0.05) is 37.9 Å². The van der Waals surface area contributed by atoms with E-state index in [0.717, 1.165) is 38.4 Å². The highest BCUT2D eigenvalue weighted by molar-refractivity contribution is 5.66. The Morgan fingerprint density at radius 3 is 2.55 bits per heavy atom. The van der Waals surface area contributed by atoms with Crippen LogP contribution in [0.2, 0.25) is 0 Å². The zero-order valence-electron chi connectivity index (χ0n) is 11.9. The van der Waals surface area contributed by atoms with E-state index < -0.39 is 4.92 Å². The smallest absolute Gasteiger partial charge is 0.292 e. The summed E-state index contributed by atoms with van der Waals surface area (Å²) < 4.78 is 0. The van der Waals surface area contributed by atoms with Gasteiger partial charge in [-0.1, -0.05) is 13.3 Å². The second-order valence-corrected chi connectivity index (χ2v) is 5.18. The van der Waals surface area contributed by atoms with Gasteiger partial charge in [0.2, 0.25) is 0 Å². The zero-order chi connectivity index (χ0) is 14.5. The van der Waals surface area contributed by atoms with Crippen molar-refractivity contribution >= 4 is 17.1 Å². The van der Waals surface area contributed by atoms with Gasteiger partial charge in [-0.2, -0.15) is 0 Å². The summed E-state index contributed by atoms with van der Waals surface area (Å²) in [5.41, 5.74) is 6.94. The number of rotatable bonds is 5. The molecule has 0 amide bonds. The number of benzene rings is 1. The zero-order valence-corrected chi connectivity index (χ0v) is 11.9. The van der Waals surface area contributed by atoms with Crippen molar-refractivity contribution in [2.45, 2.75) is 19.8 Å². The van der Waals surface area contributed by atoms with E-state index in [4.69, 9.17) is 5.73 Å². The number of piperazine rings is 1. The van der Waals surface area contributed by atoms with Crippen LogP contribution in [0.4, 0.5) is 17.1 Å². The Kier molecular flexibility index (Phi) is 4.79. The molecule has 1 aromatic carbocycles. The molecule has 1 saturated heterocycles. The largest absolute Gasteiger partial charge is 0.393 e. The molecule has 0 spiro atoms. The molecule has 0 aromatic heterocycles. The van der Waals surface area contributed by atoms with Crippen molar-refractivity contribution in [2.75, 3.05) is 43.4 Å². The van der Waals surface area contributed by atoms with E-state index >= 15 is 0 Å². The lowest BCUT2D eigenvalue weighted by Crippen LogP contribution is -2.46. The van der Waals surface area contributed by atoms with E-state index in [0.29, 0.717) is 0 Å². The predicted octanol–water partition coefficient (Wildman–Crippen LogP) is 2.10. The third-order valence-electron chi connectivity index (χ3n) is 3.77. The molecule has 0 radical (unpaired) electrons. The number of anilines is 2. The highest BCUT2D eigenvalue weighted by Gasteiger charge is 2.19. The number of nitro groups is 1. The van der Waals surface area contributed by atoms with Gasteiger partial charge in [-0.05, 0) is 25.1 Å². The number of unbranched alkanes of at least 4 members (excludes halogenated alkanes) is 1. The number of nitrogens with two attached hydrogens (primary N) is 1. The van der Waals surface area contributed by atoms with Gasteiger partial charge in [0.25, 0.3) is 5.69 Å². The van der Waals surface area contributed by atoms with Gasteiger partial charge in [0.05, 0.1) is 4.92 Å². The molecule has 0 bridgehead atoms. The molecule has 2 N–H and O–H groups in total. The first-order chi connectivity index (χ1) is 9.61. The molecule has 20 heavy (non-hydrogen) atoms. The second kappa shape index (κ2) is 6.56. The van der Waals surface area contributed by atoms with Crippen molar-refractivity contribution in [2.24, 2.45) is 0 Å². The molecular weight excluding hydrogens is 256 g/mol. The molecule has 0 unspecified atom stereocenters. The fraction of sp³-hybridized carbons (Fsp3) is 0.571. The van der Waals surface area contributed by atoms with Gasteiger partial charge in [0.1, 0.15) is 5.69 Å². The van der Waals surface area contributed by atoms with Crippen LogP contribution in [0.3, 0.4) is 0 Å². The lowest BCUT2D eigenvalue weighted by atomic mass is 10.2. The summed E-state index contributed by atoms with van der Waals surface area (Å²) in [5, 5.41) is 10.8. The highest BCUT2D eigenvalue weighted by Crippen LogP contribution is 2.27. The molecule has 2 rings (SSSR count). The number of nitrogens with zero attached hydrogens (tertiary/aromatic N) is 3. The first-order valence-corrected chi connectivity index (χ1v) is 7.13. The molecule has 110 valence electrons. The highest BCUT2D eigenvalue weighted by atomic mass is 16.6. The summed E-state index contributed by atoms with van der Waals surface area (Å²) in [6, 6.07) is 4.99. The normalized spacial score (nSPS) is 16.4. The minimum Gasteiger partial charge on any atom is -0.393 e. The second-order valence-electron chi connectivity index (χ2n) is 5.18. The molecule has 6 nitrogen and oxygen atoms in total. The van der Waals surface area contributed by atoms with Gasteiger partial charge in [-0.25, -0.2) is 0 Å². The molecule has 1 fully saturated rings. The first-order valence-electron chi connectivity index (χ1n) is 7.13. The van der Waals surface area contributed by atoms with E-state index in [2.05, 4.69) is 16.7 Å². The van der Waals surface area contributed by atoms with Crippen molar-refractivity contribution in [3.63, 3.8) is 0 Å². The Labute approximate surface area is 119 Å². The summed E-state index contributed by atoms with van der Waals surface area (Å²) in [6.45, 7) is 7.33. The Morgan fingerprint density at radius 1 is 1.30 bits per heavy atom. The molecular formula is C14H22N4O2. The van der Waals surface area contributed by atoms with Crippen LogP contribution in [0, 0.1) is 10.1 Å². The number of nitro benzene ring substituents is 1. The van der Waals surface area contributed by atoms with Crippen LogP contribution in [0.15, 0.2) is 18.2 Å². The summed E-state index contributed by atoms with van der Waals surface area (Å²) >= 11 is 0. The molecule has 1 aliphatic rings. The Hall–Kier alpha value is -1.82. The Bertz CT molecular complexity index is 470. The lowest BCUT2D eigenvalue weighted by Gasteiger charge is -2.36. The van der Waals surface area contributed by atoms with Gasteiger partial charge in [0.15, 0.2) is 0 Å². The van der Waals surface area contributed by atoms with Gasteiger partial charge >= 0.3 is 0 Å². The average Bonchev–Trinajstić information content (AvgIpc) is 2.45. The van der Waals surface area contributed by atoms with Crippen LogP contribution >= 0.6 is 0 Å². The predicted molar refractivity (Wildman–Crippen MR) is 81.1 cm³/mol. The van der Waals surface area contributed by atoms with E-state index in [1.807, 2.05) is 0 Å². The molecule has 0 atom stereocenters. The SMILES string of the molecule is CCCCN1CCN(c2ccc([N+](=O)[O-])c(N)c2)CC1. The van der Waals surface area contributed by atoms with Crippen LogP contribution in [0.1, 0.15) is 19.8 Å². The maximum absolute atomic E-state index is 10.8. The average molecular weight is 278 g/mol. The Morgan fingerprint density at radius 2 is 2.00 bits per heavy atom. The molecule has 0 aliphatic carbocycles. The quantitative estimate of drug-likeness (QED) is 0.507. The summed E-state index contributed by atoms with van der Waals surface area (Å²) in [5.74, 6) is 0. The molecule has 1 heterocycles. The maximum atomic E-state index is 10.8. The van der Waals surface area contributed by atoms with Crippen molar-refractivity contribution in [1.29, 1.82) is 0 Å². The summed E-state index contributed by atoms with van der Waals surface area (Å²) in [7, 11) is 0. The number of hydrogen-bond donors (Lipinski definition) is 1. The van der Waals surface area contributed by atoms with E-state index in [-0.39, 0.29) is 11.4 Å². The third kappa shape index (κ3) is 3.39. The minimum atomic E-state index is -0.443. The Balaban J connectivity index is 1.97. The topological polar surface area (TPSA) is 75.6 Å². The fourth-order valence-corrected chi connectivity index (χ4v) is 2.52. The van der Waals surface area contributed by atoms with Crippen LogP contribution in [-0.2, 0) is 0 Å². The van der Waals surface area contributed by atoms with Crippen LogP contribution in [0.5, 0.6) is 0 Å². The molecule has 1 aromatic rings. The lowest BCUT2D eigenvalue weighted by molar-refractivity contribution is -0.383. The third-order valence-corrected chi connectivity index (χ3v) is 3.77. The monoisotopic (exact) mass is 278 g/mol. The first kappa shape index (κ1) is 14.6. The van der Waals surface area contributed by atoms with Crippen molar-refractivity contribution < 1.29 is 4.92 Å². The summed E-state index contributed by atoms with van der Waals surface area (Å²) in [4.78, 5) is 15.0. The van der Waals surface area contributed by atoms with Crippen LogP contribution in [-0.4, -0.2) is 42.5 Å².